The Morgan fingerprint density at radius 3 is 1.27 bits per heavy atom. The highest BCUT2D eigenvalue weighted by Crippen LogP contribution is 2.20. The van der Waals surface area contributed by atoms with Gasteiger partial charge >= 0.3 is 5.97 Å². The molecule has 1 saturated heterocycles. The van der Waals surface area contributed by atoms with E-state index in [0.717, 1.165) is 18.7 Å². The van der Waals surface area contributed by atoms with E-state index in [-0.39, 0.29) is 69.2 Å². The molecule has 45 heteroatoms. The number of carboxylic acid groups (broad SMARTS) is 1. The van der Waals surface area contributed by atoms with E-state index in [9.17, 15) is 106 Å². The van der Waals surface area contributed by atoms with Crippen LogP contribution in [0, 0.1) is 17.8 Å². The highest BCUT2D eigenvalue weighted by molar-refractivity contribution is 7.98. The molecule has 0 aromatic rings. The molecule has 1 aliphatic heterocycles. The Morgan fingerprint density at radius 2 is 0.843 bits per heavy atom. The first-order valence-corrected chi connectivity index (χ1v) is 39.2. The van der Waals surface area contributed by atoms with Gasteiger partial charge in [0.05, 0.1) is 19.1 Å². The fourth-order valence-electron chi connectivity index (χ4n) is 11.5. The topological polar surface area (TPSA) is 725 Å². The van der Waals surface area contributed by atoms with Crippen LogP contribution in [0.1, 0.15) is 166 Å². The van der Waals surface area contributed by atoms with Crippen molar-refractivity contribution in [2.24, 2.45) is 57.1 Å². The maximum atomic E-state index is 14.2. The number of nitrogens with zero attached hydrogens (tertiary/aromatic N) is 2. The molecule has 0 spiro atoms. The standard InChI is InChI=1S/C70H122N22O22S/c1-32(2)29-45(86-66(111)52(33(3)4)89-62(107)41(18-15-26-77-70(75)76)82-56(101)35(7)78-59(104)40(81-39(11)95)17-13-14-25-71)64(109)80-37(9)57(102)83-43(21-23-51(98)99)60(105)79-36(8)58(103)84-44(24-28-115-12)61(106)88-47(31-93)65(110)85-42(20-22-49(72)96)63(108)90-53(34(5)6)67(112)91-54(38(10)94)68(113)87-46(30-50(73)97)69(114)92-27-16-19-48(92)55(74)100/h32-38,40-48,52-54,93-94H,13-31,71H2,1-12H3,(H2,72,96)(H2,73,97)(H2,74,100)(H,78,104)(H,79,105)(H,80,109)(H,81,95)(H,82,101)(H,83,102)(H,84,103)(H,85,110)(H,86,111)(H,87,113)(H,88,106)(H,89,107)(H,90,108)(H,91,112)(H,98,99)(H4,75,76,77)/t35-,36-,37-,38+,40-,41-,42-,43-,44-,45-,46-,47-,48-,52-,53-,54-/m0/s1. The normalized spacial score (nSPS) is 16.4. The number of carbonyl (C=O) groups is 19. The molecule has 18 amide bonds. The summed E-state index contributed by atoms with van der Waals surface area (Å²) in [5, 5.41) is 64.9. The van der Waals surface area contributed by atoms with Crippen molar-refractivity contribution in [3.05, 3.63) is 0 Å². The van der Waals surface area contributed by atoms with Crippen LogP contribution in [0.2, 0.25) is 0 Å². The Morgan fingerprint density at radius 1 is 0.452 bits per heavy atom. The molecule has 16 atom stereocenters. The molecule has 29 N–H and O–H groups in total. The van der Waals surface area contributed by atoms with E-state index < -0.39 is 260 Å². The summed E-state index contributed by atoms with van der Waals surface area (Å²) in [5.41, 5.74) is 32.8. The summed E-state index contributed by atoms with van der Waals surface area (Å²) in [4.78, 5) is 259. The van der Waals surface area contributed by atoms with Gasteiger partial charge in [-0.15, -0.1) is 0 Å². The molecule has 0 radical (unpaired) electrons. The second-order valence-electron chi connectivity index (χ2n) is 29.1. The number of guanidine groups is 1. The van der Waals surface area contributed by atoms with Crippen LogP contribution in [-0.4, -0.2) is 273 Å². The summed E-state index contributed by atoms with van der Waals surface area (Å²) < 4.78 is 0. The van der Waals surface area contributed by atoms with Crippen molar-refractivity contribution in [3.63, 3.8) is 0 Å². The number of thioether (sulfide) groups is 1. The molecule has 0 bridgehead atoms. The van der Waals surface area contributed by atoms with Crippen molar-refractivity contribution in [2.45, 2.75) is 263 Å². The smallest absolute Gasteiger partial charge is 0.303 e. The van der Waals surface area contributed by atoms with Crippen LogP contribution < -0.4 is 109 Å². The monoisotopic (exact) mass is 1650 g/mol. The van der Waals surface area contributed by atoms with E-state index in [1.807, 2.05) is 0 Å². The van der Waals surface area contributed by atoms with Gasteiger partial charge in [-0.05, 0) is 135 Å². The minimum atomic E-state index is -1.91. The molecule has 44 nitrogen and oxygen atoms in total. The van der Waals surface area contributed by atoms with Crippen molar-refractivity contribution >= 4 is 130 Å². The van der Waals surface area contributed by atoms with Gasteiger partial charge < -0.3 is 129 Å². The van der Waals surface area contributed by atoms with Gasteiger partial charge in [-0.3, -0.25) is 96.1 Å². The third-order valence-corrected chi connectivity index (χ3v) is 18.6. The number of aliphatic hydroxyl groups excluding tert-OH is 2. The molecule has 1 aliphatic rings. The average Bonchev–Trinajstić information content (AvgIpc) is 1.76. The molecule has 1 rings (SSSR count). The van der Waals surface area contributed by atoms with E-state index in [4.69, 9.17) is 34.4 Å². The van der Waals surface area contributed by atoms with Gasteiger partial charge in [-0.25, -0.2) is 0 Å². The van der Waals surface area contributed by atoms with Crippen LogP contribution in [0.15, 0.2) is 4.99 Å². The van der Waals surface area contributed by atoms with Crippen LogP contribution in [-0.2, 0) is 91.1 Å². The number of hydrogen-bond donors (Lipinski definition) is 23. The third kappa shape index (κ3) is 38.0. The first kappa shape index (κ1) is 102. The van der Waals surface area contributed by atoms with Crippen LogP contribution >= 0.6 is 11.8 Å². The molecule has 0 aromatic heterocycles. The van der Waals surface area contributed by atoms with Crippen LogP contribution in [0.3, 0.4) is 0 Å². The molecule has 115 heavy (non-hydrogen) atoms. The summed E-state index contributed by atoms with van der Waals surface area (Å²) in [5.74, 6) is -20.7. The number of amides is 18. The molecule has 1 fully saturated rings. The van der Waals surface area contributed by atoms with Crippen molar-refractivity contribution in [1.29, 1.82) is 0 Å². The van der Waals surface area contributed by atoms with Gasteiger partial charge in [-0.1, -0.05) is 41.5 Å². The minimum Gasteiger partial charge on any atom is -0.481 e. The largest absolute Gasteiger partial charge is 0.481 e. The highest BCUT2D eigenvalue weighted by Gasteiger charge is 2.42. The number of carboxylic acids is 1. The zero-order valence-corrected chi connectivity index (χ0v) is 68.1. The number of rotatable bonds is 54. The fraction of sp³-hybridized carbons (Fsp3) is 0.714. The number of likely N-dealkylation sites (tertiary alicyclic amines) is 1. The number of nitrogens with two attached hydrogens (primary N) is 6. The number of carbonyl (C=O) groups excluding carboxylic acids is 18. The van der Waals surface area contributed by atoms with E-state index in [1.54, 1.807) is 34.0 Å². The number of aliphatic hydroxyl groups is 2. The molecule has 0 aliphatic carbocycles. The zero-order chi connectivity index (χ0) is 87.8. The Kier molecular flexibility index (Phi) is 46.3. The Labute approximate surface area is 671 Å². The van der Waals surface area contributed by atoms with E-state index in [2.05, 4.69) is 79.4 Å². The van der Waals surface area contributed by atoms with Crippen molar-refractivity contribution in [2.75, 3.05) is 38.2 Å². The Balaban J connectivity index is 3.39. The highest BCUT2D eigenvalue weighted by atomic mass is 32.2. The molecular weight excluding hydrogens is 1530 g/mol. The first-order valence-electron chi connectivity index (χ1n) is 37.9. The van der Waals surface area contributed by atoms with Gasteiger partial charge in [0, 0.05) is 32.9 Å². The zero-order valence-electron chi connectivity index (χ0n) is 67.3. The molecule has 0 aromatic carbocycles. The lowest BCUT2D eigenvalue weighted by Crippen LogP contribution is -2.63. The Hall–Kier alpha value is -10.6. The fourth-order valence-corrected chi connectivity index (χ4v) is 12.0. The quantitative estimate of drug-likeness (QED) is 0.0153. The van der Waals surface area contributed by atoms with Crippen LogP contribution in [0.4, 0.5) is 0 Å². The van der Waals surface area contributed by atoms with Crippen LogP contribution in [0.25, 0.3) is 0 Å². The van der Waals surface area contributed by atoms with E-state index >= 15 is 0 Å². The maximum absolute atomic E-state index is 14.2. The molecule has 1 heterocycles. The maximum Gasteiger partial charge on any atom is 0.303 e. The van der Waals surface area contributed by atoms with Gasteiger partial charge in [0.15, 0.2) is 5.96 Å². The lowest BCUT2D eigenvalue weighted by Gasteiger charge is -2.30. The minimum absolute atomic E-state index is 0.0255. The number of hydrogen-bond acceptors (Lipinski definition) is 24. The third-order valence-electron chi connectivity index (χ3n) is 17.9. The lowest BCUT2D eigenvalue weighted by atomic mass is 9.99. The summed E-state index contributed by atoms with van der Waals surface area (Å²) >= 11 is 1.21. The summed E-state index contributed by atoms with van der Waals surface area (Å²) in [6.07, 6.45) is -1.53. The summed E-state index contributed by atoms with van der Waals surface area (Å²) in [7, 11) is 0. The second kappa shape index (κ2) is 52.0. The van der Waals surface area contributed by atoms with Crippen molar-refractivity contribution in [1.82, 2.24) is 79.3 Å². The predicted octanol–water partition coefficient (Wildman–Crippen LogP) is -9.00. The van der Waals surface area contributed by atoms with E-state index in [0.29, 0.717) is 25.8 Å². The van der Waals surface area contributed by atoms with Gasteiger partial charge in [-0.2, -0.15) is 11.8 Å². The van der Waals surface area contributed by atoms with Crippen molar-refractivity contribution < 1.29 is 106 Å². The predicted molar refractivity (Wildman–Crippen MR) is 416 cm³/mol. The number of aliphatic carboxylic acids is 1. The number of nitrogens with one attached hydrogen (secondary N) is 14. The SMILES string of the molecule is CSCC[C@H](NC(=O)[C@H](C)NC(=O)[C@H](CCC(=O)O)NC(=O)[C@H](C)NC(=O)[C@H](CC(C)C)NC(=O)[C@@H](NC(=O)[C@H](CCCN=C(N)N)NC(=O)[C@H](C)NC(=O)[C@H](CCCCN)NC(C)=O)C(C)C)C(=O)N[C@@H](CO)C(=O)N[C@@H](CCC(N)=O)C(=O)N[C@H](C(=O)N[C@H](C(=O)N[C@@H](CC(N)=O)C(=O)N1CCC[C@H]1C(N)=O)[C@@H](C)O)C(C)C. The average molecular weight is 1660 g/mol. The van der Waals surface area contributed by atoms with Crippen LogP contribution in [0.5, 0.6) is 0 Å². The second-order valence-corrected chi connectivity index (χ2v) is 30.1. The Bertz CT molecular complexity index is 3420. The molecular formula is C70H122N22O22S. The number of unbranched alkanes of at least 4 members (excludes halogenated alkanes) is 1. The first-order chi connectivity index (χ1) is 53.7. The van der Waals surface area contributed by atoms with Gasteiger partial charge in [0.25, 0.3) is 0 Å². The summed E-state index contributed by atoms with van der Waals surface area (Å²) in [6.45, 7) is 14.8. The lowest BCUT2D eigenvalue weighted by molar-refractivity contribution is -0.143. The summed E-state index contributed by atoms with van der Waals surface area (Å²) in [6, 6.07) is -22.6. The van der Waals surface area contributed by atoms with Crippen molar-refractivity contribution in [3.8, 4) is 0 Å². The molecule has 0 saturated carbocycles. The van der Waals surface area contributed by atoms with Gasteiger partial charge in [0.2, 0.25) is 106 Å². The molecule has 650 valence electrons. The number of aliphatic imine (C=N–C) groups is 1. The number of primary amides is 3. The van der Waals surface area contributed by atoms with Gasteiger partial charge in [0.1, 0.15) is 90.6 Å². The van der Waals surface area contributed by atoms with E-state index in [1.165, 1.54) is 46.4 Å². The molecule has 0 unspecified atom stereocenters.